The van der Waals surface area contributed by atoms with Crippen LogP contribution in [-0.4, -0.2) is 231 Å². The van der Waals surface area contributed by atoms with Gasteiger partial charge in [0.15, 0.2) is 0 Å². The van der Waals surface area contributed by atoms with Crippen LogP contribution in [0.1, 0.15) is 204 Å². The first-order valence-corrected chi connectivity index (χ1v) is 38.3. The van der Waals surface area contributed by atoms with Gasteiger partial charge in [0.25, 0.3) is 33.4 Å². The number of nitrogens with zero attached hydrogens (tertiary/aromatic N) is 6. The van der Waals surface area contributed by atoms with Crippen molar-refractivity contribution >= 4 is 0 Å². The van der Waals surface area contributed by atoms with E-state index < -0.39 is 250 Å². The van der Waals surface area contributed by atoms with E-state index in [1.54, 1.807) is 41.5 Å². The molecule has 660 valence electrons. The zero-order valence-corrected chi connectivity index (χ0v) is 67.1. The van der Waals surface area contributed by atoms with Crippen LogP contribution < -0.4 is 67.5 Å². The van der Waals surface area contributed by atoms with Crippen molar-refractivity contribution in [1.29, 1.82) is 0 Å². The number of aromatic amines is 6. The average Bonchev–Trinajstić information content (AvgIpc) is 1.49. The fourth-order valence-corrected chi connectivity index (χ4v) is 16.5. The van der Waals surface area contributed by atoms with Crippen molar-refractivity contribution in [2.75, 3.05) is 39.5 Å². The molecule has 6 spiro atoms. The average molecular weight is 1710 g/mol. The molecule has 12 aliphatic rings. The fourth-order valence-electron chi connectivity index (χ4n) is 16.5. The Morgan fingerprint density at radius 1 is 0.283 bits per heavy atom. The molecule has 18 N–H and O–H groups in total. The van der Waals surface area contributed by atoms with E-state index in [1.807, 2.05) is 0 Å². The summed E-state index contributed by atoms with van der Waals surface area (Å²) in [7, 11) is 0. The van der Waals surface area contributed by atoms with Gasteiger partial charge >= 0.3 is 34.1 Å². The molecular formula is C78H108N12O30. The van der Waals surface area contributed by atoms with Gasteiger partial charge in [0, 0.05) is 100 Å². The minimum atomic E-state index is -3.34. The fraction of sp³-hybridized carbons (Fsp3) is 0.692. The summed E-state index contributed by atoms with van der Waals surface area (Å²) in [6.07, 6.45) is -30.8. The van der Waals surface area contributed by atoms with Crippen LogP contribution in [0, 0.1) is 116 Å². The first-order valence-electron chi connectivity index (χ1n) is 46.4. The Kier molecular flexibility index (Phi) is 18.9. The highest BCUT2D eigenvalue weighted by atomic mass is 16.6. The summed E-state index contributed by atoms with van der Waals surface area (Å²) in [6.45, 7) is 6.36. The zero-order valence-electron chi connectivity index (χ0n) is 83.1. The minimum absolute atomic E-state index is 0.207. The van der Waals surface area contributed by atoms with Crippen molar-refractivity contribution in [1.82, 2.24) is 57.3 Å². The maximum Gasteiger partial charge on any atom is 0.330 e. The number of aliphatic hydroxyl groups excluding tert-OH is 4. The first kappa shape index (κ1) is 69.8. The van der Waals surface area contributed by atoms with Gasteiger partial charge in [-0.1, -0.05) is 0 Å². The third-order valence-electron chi connectivity index (χ3n) is 25.8. The van der Waals surface area contributed by atoms with Crippen LogP contribution in [-0.2, 0) is 28.4 Å². The van der Waals surface area contributed by atoms with Gasteiger partial charge in [0.1, 0.15) is 73.9 Å². The van der Waals surface area contributed by atoms with E-state index >= 15 is 0 Å². The summed E-state index contributed by atoms with van der Waals surface area (Å²) in [5.74, 6) is 0. The number of ether oxygens (including phenoxy) is 6. The van der Waals surface area contributed by atoms with E-state index in [1.165, 1.54) is 50.7 Å². The summed E-state index contributed by atoms with van der Waals surface area (Å²) in [5.41, 5.74) is -11.3. The highest BCUT2D eigenvalue weighted by Crippen LogP contribution is 2.67. The summed E-state index contributed by atoms with van der Waals surface area (Å²) in [6, 6.07) is 0. The highest BCUT2D eigenvalue weighted by molar-refractivity contribution is 5.25. The molecule has 6 saturated carbocycles. The molecule has 12 heterocycles. The van der Waals surface area contributed by atoms with Crippen LogP contribution in [0.4, 0.5) is 0 Å². The predicted octanol–water partition coefficient (Wildman–Crippen LogP) is -4.89. The highest BCUT2D eigenvalue weighted by Gasteiger charge is 2.70. The molecule has 0 radical (unpaired) electrons. The second-order valence-electron chi connectivity index (χ2n) is 32.2. The van der Waals surface area contributed by atoms with Gasteiger partial charge in [-0.15, -0.1) is 0 Å². The minimum Gasteiger partial charge on any atom is -0.394 e. The molecule has 0 aromatic carbocycles. The van der Waals surface area contributed by atoms with Crippen molar-refractivity contribution in [3.63, 3.8) is 0 Å². The van der Waals surface area contributed by atoms with Gasteiger partial charge in [-0.3, -0.25) is 86.1 Å². The number of aromatic nitrogens is 12. The molecule has 2 unspecified atom stereocenters. The van der Waals surface area contributed by atoms with Gasteiger partial charge in [-0.25, -0.2) is 28.8 Å². The lowest BCUT2D eigenvalue weighted by Crippen LogP contribution is -2.39. The standard InChI is InChI=1S/6C13H18N2O5/c6*1-6-7(2)15(12(19)14-10(6)18)11-13(3-4-13)9(17)8(5-16)20-11/h6*8-9,11,16-17H,3-5H2,1-2H3,(H,14,18,19)/t6*8-,9-,11-/m111111/s1/i2*5D2,8D,9D;5D,8D,9D;8D,9D;5D,9D;9D/t2m;5?,8-,9-,11-;m;5?,8-,9-,11-;m. The second kappa shape index (κ2) is 32.6. The van der Waals surface area contributed by atoms with Crippen LogP contribution in [0.2, 0.25) is 0 Å². The number of nitrogens with one attached hydrogen (secondary N) is 6. The van der Waals surface area contributed by atoms with Crippen LogP contribution in [0.15, 0.2) is 57.5 Å². The number of H-pyrrole nitrogens is 6. The lowest BCUT2D eigenvalue weighted by molar-refractivity contribution is -0.0499. The Balaban J connectivity index is 0.000000138. The van der Waals surface area contributed by atoms with Crippen LogP contribution >= 0.6 is 0 Å². The van der Waals surface area contributed by atoms with Crippen LogP contribution in [0.5, 0.6) is 0 Å². The number of hydrogen-bond donors (Lipinski definition) is 18. The molecule has 6 saturated heterocycles. The molecule has 18 rings (SSSR count). The first-order chi connectivity index (χ1) is 62.1. The van der Waals surface area contributed by atoms with E-state index in [-0.39, 0.29) is 59.5 Å². The van der Waals surface area contributed by atoms with Crippen molar-refractivity contribution in [2.45, 2.75) is 271 Å². The number of aliphatic hydroxyl groups is 12. The molecule has 42 nitrogen and oxygen atoms in total. The van der Waals surface area contributed by atoms with Gasteiger partial charge in [-0.2, -0.15) is 0 Å². The summed E-state index contributed by atoms with van der Waals surface area (Å²) in [5, 5.41) is 120. The van der Waals surface area contributed by atoms with E-state index in [4.69, 9.17) is 50.4 Å². The molecule has 12 fully saturated rings. The maximum absolute atomic E-state index is 12.3. The third kappa shape index (κ3) is 14.5. The van der Waals surface area contributed by atoms with Crippen molar-refractivity contribution in [3.05, 3.63) is 193 Å². The van der Waals surface area contributed by atoms with Crippen LogP contribution in [0.3, 0.4) is 0 Å². The number of hydrogen-bond acceptors (Lipinski definition) is 30. The van der Waals surface area contributed by atoms with Crippen molar-refractivity contribution < 1.29 is 112 Å². The van der Waals surface area contributed by atoms with Crippen molar-refractivity contribution in [2.24, 2.45) is 32.5 Å². The Morgan fingerprint density at radius 3 is 0.683 bits per heavy atom. The van der Waals surface area contributed by atoms with E-state index in [9.17, 15) is 119 Å². The van der Waals surface area contributed by atoms with Gasteiger partial charge in [-0.05, 0) is 160 Å². The summed E-state index contributed by atoms with van der Waals surface area (Å²) >= 11 is 0. The van der Waals surface area contributed by atoms with Gasteiger partial charge in [0.05, 0.1) is 97.9 Å². The Labute approximate surface area is 702 Å². The van der Waals surface area contributed by atoms with Crippen LogP contribution in [0.25, 0.3) is 0 Å². The topological polar surface area (TPSA) is 627 Å². The van der Waals surface area contributed by atoms with Gasteiger partial charge < -0.3 is 89.7 Å². The Morgan fingerprint density at radius 2 is 0.475 bits per heavy atom. The lowest BCUT2D eigenvalue weighted by Gasteiger charge is -2.23. The van der Waals surface area contributed by atoms with Crippen molar-refractivity contribution in [3.8, 4) is 0 Å². The molecule has 0 amide bonds. The SMILES string of the molecule is [2H]C(O)[C@@]1([2H])O[C@@H](n2c(C)c(C)c(=O)[nH]c2=O)C2(CC2)[C@]1([2H])O.[2H]C(O)[C@H]1O[C@@H](n2c(C)c(C)c(=O)[nH]c2=O)C2(CC2)[C@]1([2H])O.[2H]C([2H])(O)[C@@]1([2H])O[C@@H](n2c(C)c(C)c(=O)[nH]c2=O)C2(CC2)[C@]1([2H])O.[2H]C([2H])(O)[C@@]1([2H])O[C@@H](n2c(C)c(C)c(=O)[nH]c2=O)C2(CC2)[C@]1([2H])O.[2H][C@@]1(O)[C@@H](CO)O[C@@H](n2c(C)c(C)c(=O)[nH]c2=O)C12CC2.[2H][C@]1(CO)O[C@@H](n2c(C)c(C)c(=O)[nH]c2=O)C2(CC2)[C@]1([2H])O. The molecule has 6 aromatic heterocycles. The van der Waals surface area contributed by atoms with E-state index in [0.717, 1.165) is 18.3 Å². The van der Waals surface area contributed by atoms with Gasteiger partial charge in [0.2, 0.25) is 0 Å². The quantitative estimate of drug-likeness (QED) is 0.0546. The predicted molar refractivity (Wildman–Crippen MR) is 417 cm³/mol. The normalized spacial score (nSPS) is 39.7. The second-order valence-corrected chi connectivity index (χ2v) is 32.2. The monoisotopic (exact) mass is 1710 g/mol. The third-order valence-corrected chi connectivity index (χ3v) is 25.8. The molecule has 6 aliphatic carbocycles. The van der Waals surface area contributed by atoms with E-state index in [0.29, 0.717) is 85.1 Å². The lowest BCUT2D eigenvalue weighted by atomic mass is 9.96. The maximum atomic E-state index is 12.3. The zero-order chi connectivity index (χ0) is 102. The molecule has 20 atom stereocenters. The Hall–Kier alpha value is -8.64. The summed E-state index contributed by atoms with van der Waals surface area (Å²) in [4.78, 5) is 156. The Bertz CT molecular complexity index is 6500. The molecule has 6 aromatic rings. The number of rotatable bonds is 12. The molecular weight excluding hydrogens is 1580 g/mol. The largest absolute Gasteiger partial charge is 0.394 e. The molecule has 120 heavy (non-hydrogen) atoms. The molecule has 6 aliphatic heterocycles. The van der Waals surface area contributed by atoms with E-state index in [2.05, 4.69) is 29.9 Å². The summed E-state index contributed by atoms with van der Waals surface area (Å²) < 4.78 is 165. The smallest absolute Gasteiger partial charge is 0.330 e. The molecule has 42 heteroatoms. The molecule has 0 bridgehead atoms.